The number of ether oxygens (including phenoxy) is 1. The van der Waals surface area contributed by atoms with Gasteiger partial charge in [-0.1, -0.05) is 28.8 Å². The van der Waals surface area contributed by atoms with Crippen LogP contribution in [-0.2, 0) is 0 Å². The molecule has 2 rings (SSSR count). The Morgan fingerprint density at radius 1 is 1.25 bits per heavy atom. The highest BCUT2D eigenvalue weighted by Crippen LogP contribution is 2.36. The summed E-state index contributed by atoms with van der Waals surface area (Å²) in [4.78, 5) is 9.27. The van der Waals surface area contributed by atoms with Gasteiger partial charge in [0.05, 0.1) is 7.11 Å². The molecule has 1 aromatic rings. The molecule has 3 nitrogen and oxygen atoms in total. The zero-order chi connectivity index (χ0) is 11.4. The molecule has 4 heteroatoms. The quantitative estimate of drug-likeness (QED) is 0.617. The molecular weight excluding hydrogens is 268 g/mol. The lowest BCUT2D eigenvalue weighted by Crippen LogP contribution is -2.08. The van der Waals surface area contributed by atoms with Gasteiger partial charge in [-0.15, -0.1) is 0 Å². The van der Waals surface area contributed by atoms with E-state index in [1.54, 1.807) is 19.5 Å². The van der Waals surface area contributed by atoms with Crippen molar-refractivity contribution in [1.29, 1.82) is 0 Å². The average Bonchev–Trinajstić information content (AvgIpc) is 2.54. The Hall–Kier alpha value is -0.640. The number of alkyl halides is 1. The van der Waals surface area contributed by atoms with E-state index in [1.165, 1.54) is 25.7 Å². The highest BCUT2D eigenvalue weighted by atomic mass is 79.9. The lowest BCUT2D eigenvalue weighted by Gasteiger charge is -2.17. The summed E-state index contributed by atoms with van der Waals surface area (Å²) in [5, 5.41) is 0. The third-order valence-electron chi connectivity index (χ3n) is 3.13. The van der Waals surface area contributed by atoms with E-state index in [4.69, 9.17) is 4.74 Å². The van der Waals surface area contributed by atoms with Gasteiger partial charge >= 0.3 is 0 Å². The third-order valence-corrected chi connectivity index (χ3v) is 3.96. The predicted octanol–water partition coefficient (Wildman–Crippen LogP) is 3.30. The first-order valence-electron chi connectivity index (χ1n) is 5.80. The predicted molar refractivity (Wildman–Crippen MR) is 67.1 cm³/mol. The lowest BCUT2D eigenvalue weighted by atomic mass is 9.96. The standard InChI is InChI=1S/C12H17BrN2O/c1-16-12-11(14-6-7-15-12)9-4-2-3-5-10(13)8-9/h6-7,9-10H,2-5,8H2,1H3. The van der Waals surface area contributed by atoms with Crippen molar-refractivity contribution in [3.05, 3.63) is 18.1 Å². The third kappa shape index (κ3) is 2.73. The SMILES string of the molecule is COc1nccnc1C1CCCCC(Br)C1. The maximum absolute atomic E-state index is 5.29. The average molecular weight is 285 g/mol. The summed E-state index contributed by atoms with van der Waals surface area (Å²) in [6.07, 6.45) is 9.60. The molecule has 0 saturated heterocycles. The lowest BCUT2D eigenvalue weighted by molar-refractivity contribution is 0.380. The van der Waals surface area contributed by atoms with Gasteiger partial charge in [-0.2, -0.15) is 0 Å². The highest BCUT2D eigenvalue weighted by molar-refractivity contribution is 9.09. The van der Waals surface area contributed by atoms with Gasteiger partial charge in [-0.05, 0) is 19.3 Å². The first-order chi connectivity index (χ1) is 7.81. The number of hydrogen-bond donors (Lipinski definition) is 0. The number of aromatic nitrogens is 2. The molecule has 0 aromatic carbocycles. The minimum atomic E-state index is 0.482. The van der Waals surface area contributed by atoms with Gasteiger partial charge < -0.3 is 4.74 Å². The van der Waals surface area contributed by atoms with Crippen LogP contribution in [0.25, 0.3) is 0 Å². The maximum atomic E-state index is 5.29. The molecule has 1 aromatic heterocycles. The molecule has 0 radical (unpaired) electrons. The first-order valence-corrected chi connectivity index (χ1v) is 6.71. The normalized spacial score (nSPS) is 26.1. The van der Waals surface area contributed by atoms with E-state index in [9.17, 15) is 0 Å². The fourth-order valence-electron chi connectivity index (χ4n) is 2.32. The summed E-state index contributed by atoms with van der Waals surface area (Å²) in [6.45, 7) is 0. The van der Waals surface area contributed by atoms with Gasteiger partial charge in [0.15, 0.2) is 0 Å². The van der Waals surface area contributed by atoms with Crippen molar-refractivity contribution in [2.45, 2.75) is 42.8 Å². The van der Waals surface area contributed by atoms with Crippen molar-refractivity contribution in [2.75, 3.05) is 7.11 Å². The summed E-state index contributed by atoms with van der Waals surface area (Å²) < 4.78 is 5.29. The van der Waals surface area contributed by atoms with Crippen LogP contribution in [0.1, 0.15) is 43.7 Å². The monoisotopic (exact) mass is 284 g/mol. The van der Waals surface area contributed by atoms with Crippen molar-refractivity contribution >= 4 is 15.9 Å². The van der Waals surface area contributed by atoms with Crippen molar-refractivity contribution in [3.63, 3.8) is 0 Å². The molecule has 1 heterocycles. The molecule has 88 valence electrons. The fourth-order valence-corrected chi connectivity index (χ4v) is 3.10. The Balaban J connectivity index is 2.20. The Labute approximate surface area is 105 Å². The Bertz CT molecular complexity index is 346. The smallest absolute Gasteiger partial charge is 0.235 e. The topological polar surface area (TPSA) is 35.0 Å². The minimum absolute atomic E-state index is 0.482. The second-order valence-corrected chi connectivity index (χ2v) is 5.56. The number of methoxy groups -OCH3 is 1. The number of hydrogen-bond acceptors (Lipinski definition) is 3. The first kappa shape index (κ1) is 11.8. The summed E-state index contributed by atoms with van der Waals surface area (Å²) in [6, 6.07) is 0. The molecule has 1 saturated carbocycles. The minimum Gasteiger partial charge on any atom is -0.480 e. The van der Waals surface area contributed by atoms with Crippen LogP contribution >= 0.6 is 15.9 Å². The zero-order valence-electron chi connectivity index (χ0n) is 9.53. The summed E-state index contributed by atoms with van der Waals surface area (Å²) in [5.41, 5.74) is 1.02. The van der Waals surface area contributed by atoms with Crippen molar-refractivity contribution in [3.8, 4) is 5.88 Å². The van der Waals surface area contributed by atoms with Crippen LogP contribution in [-0.4, -0.2) is 21.9 Å². The molecule has 0 bridgehead atoms. The fraction of sp³-hybridized carbons (Fsp3) is 0.667. The molecule has 1 aliphatic rings. The molecule has 0 aliphatic heterocycles. The maximum Gasteiger partial charge on any atom is 0.235 e. The highest BCUT2D eigenvalue weighted by Gasteiger charge is 2.23. The molecule has 0 N–H and O–H groups in total. The van der Waals surface area contributed by atoms with Gasteiger partial charge in [0.1, 0.15) is 5.69 Å². The van der Waals surface area contributed by atoms with E-state index >= 15 is 0 Å². The van der Waals surface area contributed by atoms with Crippen molar-refractivity contribution in [2.24, 2.45) is 0 Å². The van der Waals surface area contributed by atoms with E-state index in [-0.39, 0.29) is 0 Å². The van der Waals surface area contributed by atoms with E-state index in [0.717, 1.165) is 12.1 Å². The molecule has 0 amide bonds. The second-order valence-electron chi connectivity index (χ2n) is 4.27. The van der Waals surface area contributed by atoms with Crippen LogP contribution < -0.4 is 4.74 Å². The van der Waals surface area contributed by atoms with Crippen molar-refractivity contribution < 1.29 is 4.74 Å². The molecular formula is C12H17BrN2O. The number of rotatable bonds is 2. The van der Waals surface area contributed by atoms with Gasteiger partial charge in [0.25, 0.3) is 0 Å². The number of nitrogens with zero attached hydrogens (tertiary/aromatic N) is 2. The molecule has 1 aliphatic carbocycles. The van der Waals surface area contributed by atoms with Gasteiger partial charge in [0.2, 0.25) is 5.88 Å². The Morgan fingerprint density at radius 3 is 2.81 bits per heavy atom. The van der Waals surface area contributed by atoms with Crippen molar-refractivity contribution in [1.82, 2.24) is 9.97 Å². The number of halogens is 1. The van der Waals surface area contributed by atoms with E-state index in [1.807, 2.05) is 0 Å². The summed E-state index contributed by atoms with van der Waals surface area (Å²) >= 11 is 3.73. The Morgan fingerprint density at radius 2 is 2.00 bits per heavy atom. The molecule has 2 atom stereocenters. The second kappa shape index (κ2) is 5.62. The van der Waals surface area contributed by atoms with Gasteiger partial charge in [-0.3, -0.25) is 4.98 Å². The van der Waals surface area contributed by atoms with Gasteiger partial charge in [0, 0.05) is 23.1 Å². The zero-order valence-corrected chi connectivity index (χ0v) is 11.1. The summed E-state index contributed by atoms with van der Waals surface area (Å²) in [7, 11) is 1.66. The van der Waals surface area contributed by atoms with Crippen LogP contribution in [0.15, 0.2) is 12.4 Å². The Kier molecular flexibility index (Phi) is 4.16. The van der Waals surface area contributed by atoms with E-state index in [2.05, 4.69) is 25.9 Å². The van der Waals surface area contributed by atoms with E-state index in [0.29, 0.717) is 16.6 Å². The largest absolute Gasteiger partial charge is 0.480 e. The van der Waals surface area contributed by atoms with Crippen LogP contribution in [0.3, 0.4) is 0 Å². The van der Waals surface area contributed by atoms with E-state index < -0.39 is 0 Å². The summed E-state index contributed by atoms with van der Waals surface area (Å²) in [5.74, 6) is 1.17. The van der Waals surface area contributed by atoms with Crippen LogP contribution in [0.2, 0.25) is 0 Å². The molecule has 2 unspecified atom stereocenters. The molecule has 1 fully saturated rings. The van der Waals surface area contributed by atoms with Crippen LogP contribution in [0, 0.1) is 0 Å². The molecule has 16 heavy (non-hydrogen) atoms. The van der Waals surface area contributed by atoms with Gasteiger partial charge in [-0.25, -0.2) is 4.98 Å². The van der Waals surface area contributed by atoms with Crippen LogP contribution in [0.5, 0.6) is 5.88 Å². The molecule has 0 spiro atoms. The van der Waals surface area contributed by atoms with Crippen LogP contribution in [0.4, 0.5) is 0 Å².